The fourth-order valence-electron chi connectivity index (χ4n) is 2.08. The van der Waals surface area contributed by atoms with E-state index in [0.29, 0.717) is 0 Å². The Morgan fingerprint density at radius 2 is 1.63 bits per heavy atom. The van der Waals surface area contributed by atoms with Gasteiger partial charge in [0.2, 0.25) is 0 Å². The van der Waals surface area contributed by atoms with Crippen LogP contribution in [0.25, 0.3) is 0 Å². The van der Waals surface area contributed by atoms with Crippen LogP contribution in [0.2, 0.25) is 0 Å². The minimum atomic E-state index is -0.115. The smallest absolute Gasteiger partial charge is 0.851 e. The van der Waals surface area contributed by atoms with E-state index in [1.54, 1.807) is 0 Å². The summed E-state index contributed by atoms with van der Waals surface area (Å²) in [4.78, 5) is 4.80. The van der Waals surface area contributed by atoms with Crippen molar-refractivity contribution in [1.29, 1.82) is 0 Å². The molecule has 0 spiro atoms. The molecule has 1 fully saturated rings. The van der Waals surface area contributed by atoms with Crippen molar-refractivity contribution in [1.82, 2.24) is 9.80 Å². The minimum absolute atomic E-state index is 0. The molecule has 0 unspecified atom stereocenters. The van der Waals surface area contributed by atoms with Gasteiger partial charge in [0, 0.05) is 32.7 Å². The van der Waals surface area contributed by atoms with Gasteiger partial charge < -0.3 is 10.0 Å². The number of hydrogen-bond acceptors (Lipinski definition) is 3. The van der Waals surface area contributed by atoms with Crippen molar-refractivity contribution in [2.45, 2.75) is 27.0 Å². The predicted molar refractivity (Wildman–Crippen MR) is 74.3 cm³/mol. The van der Waals surface area contributed by atoms with Crippen molar-refractivity contribution in [3.8, 4) is 0 Å². The van der Waals surface area contributed by atoms with Gasteiger partial charge >= 0.3 is 29.6 Å². The monoisotopic (exact) mass is 272 g/mol. The fraction of sp³-hybridized carbons (Fsp3) is 0.600. The average molecular weight is 272 g/mol. The van der Waals surface area contributed by atoms with Gasteiger partial charge in [0.25, 0.3) is 0 Å². The zero-order valence-electron chi connectivity index (χ0n) is 12.9. The molecule has 0 atom stereocenters. The van der Waals surface area contributed by atoms with E-state index in [9.17, 15) is 5.11 Å². The predicted octanol–water partition coefficient (Wildman–Crippen LogP) is -1.68. The molecular weight excluding hydrogens is 247 g/mol. The molecule has 0 bridgehead atoms. The van der Waals surface area contributed by atoms with Crippen molar-refractivity contribution in [2.75, 3.05) is 33.2 Å². The van der Waals surface area contributed by atoms with Crippen molar-refractivity contribution >= 4 is 0 Å². The summed E-state index contributed by atoms with van der Waals surface area (Å²) in [5, 5.41) is 10.8. The van der Waals surface area contributed by atoms with Crippen molar-refractivity contribution < 1.29 is 34.7 Å². The number of hydrogen-bond donors (Lipinski definition) is 0. The molecule has 2 rings (SSSR count). The van der Waals surface area contributed by atoms with Crippen LogP contribution in [-0.2, 0) is 13.2 Å². The van der Waals surface area contributed by atoms with E-state index < -0.39 is 0 Å². The third-order valence-corrected chi connectivity index (χ3v) is 3.16. The first-order valence-corrected chi connectivity index (χ1v) is 6.85. The van der Waals surface area contributed by atoms with Crippen LogP contribution in [-0.4, -0.2) is 43.0 Å². The molecule has 1 aliphatic heterocycles. The van der Waals surface area contributed by atoms with Crippen LogP contribution in [0, 0.1) is 0 Å². The maximum absolute atomic E-state index is 10.8. The number of nitrogens with zero attached hydrogens (tertiary/aromatic N) is 2. The Hall–Kier alpha value is 0.1000. The van der Waals surface area contributed by atoms with E-state index in [1.165, 1.54) is 5.56 Å². The van der Waals surface area contributed by atoms with Crippen LogP contribution < -0.4 is 34.7 Å². The van der Waals surface area contributed by atoms with E-state index in [4.69, 9.17) is 0 Å². The van der Waals surface area contributed by atoms with Crippen LogP contribution in [0.3, 0.4) is 0 Å². The fourth-order valence-corrected chi connectivity index (χ4v) is 2.08. The molecule has 0 saturated carbocycles. The number of rotatable bonds is 3. The van der Waals surface area contributed by atoms with Gasteiger partial charge in [-0.05, 0) is 12.6 Å². The largest absolute Gasteiger partial charge is 1.00 e. The van der Waals surface area contributed by atoms with Crippen LogP contribution >= 0.6 is 0 Å². The molecule has 0 N–H and O–H groups in total. The maximum Gasteiger partial charge on any atom is 1.00 e. The molecule has 19 heavy (non-hydrogen) atoms. The molecule has 0 aromatic heterocycles. The molecule has 3 nitrogen and oxygen atoms in total. The van der Waals surface area contributed by atoms with Crippen LogP contribution in [0.1, 0.15) is 25.0 Å². The molecule has 1 aromatic rings. The Morgan fingerprint density at radius 3 is 2.21 bits per heavy atom. The van der Waals surface area contributed by atoms with Crippen LogP contribution in [0.15, 0.2) is 24.3 Å². The summed E-state index contributed by atoms with van der Waals surface area (Å²) in [6.07, 6.45) is 0. The van der Waals surface area contributed by atoms with Crippen LogP contribution in [0.5, 0.6) is 0 Å². The minimum Gasteiger partial charge on any atom is -0.851 e. The van der Waals surface area contributed by atoms with E-state index in [0.717, 1.165) is 38.3 Å². The molecule has 1 aliphatic rings. The van der Waals surface area contributed by atoms with Gasteiger partial charge in [-0.3, -0.25) is 4.90 Å². The summed E-state index contributed by atoms with van der Waals surface area (Å²) in [7, 11) is 2.16. The van der Waals surface area contributed by atoms with Crippen molar-refractivity contribution in [3.05, 3.63) is 35.4 Å². The van der Waals surface area contributed by atoms with Gasteiger partial charge in [-0.25, -0.2) is 0 Å². The van der Waals surface area contributed by atoms with Crippen LogP contribution in [0.4, 0.5) is 0 Å². The Labute approximate surface area is 139 Å². The molecule has 4 heteroatoms. The summed E-state index contributed by atoms with van der Waals surface area (Å²) < 4.78 is 0. The second-order valence-electron chi connectivity index (χ2n) is 4.54. The molecular formula is C15H25N2NaO. The Kier molecular flexibility index (Phi) is 10.9. The molecule has 1 saturated heterocycles. The molecule has 1 aromatic carbocycles. The van der Waals surface area contributed by atoms with Crippen molar-refractivity contribution in [2.24, 2.45) is 0 Å². The SMILES string of the molecule is CC.CN1CCN(Cc2cccc(C[O-])c2)CC1.[Na+]. The molecule has 0 aliphatic carbocycles. The first-order chi connectivity index (χ1) is 8.78. The molecule has 102 valence electrons. The van der Waals surface area contributed by atoms with E-state index in [-0.39, 0.29) is 36.2 Å². The Bertz CT molecular complexity index is 339. The van der Waals surface area contributed by atoms with Gasteiger partial charge in [-0.2, -0.15) is 0 Å². The number of benzene rings is 1. The standard InChI is InChI=1S/C13H19N2O.C2H6.Na/c1-14-5-7-15(8-6-14)10-12-3-2-4-13(9-12)11-16;1-2;/h2-4,9H,5-8,10-11H2,1H3;1-2H3;/q-1;;+1. The zero-order chi connectivity index (χ0) is 13.4. The van der Waals surface area contributed by atoms with Gasteiger partial charge in [-0.1, -0.05) is 43.7 Å². The Balaban J connectivity index is 0.00000103. The summed E-state index contributed by atoms with van der Waals surface area (Å²) >= 11 is 0. The molecule has 0 radical (unpaired) electrons. The second kappa shape index (κ2) is 10.8. The van der Waals surface area contributed by atoms with Gasteiger partial charge in [0.05, 0.1) is 0 Å². The normalized spacial score (nSPS) is 16.2. The van der Waals surface area contributed by atoms with Gasteiger partial charge in [0.15, 0.2) is 0 Å². The summed E-state index contributed by atoms with van der Waals surface area (Å²) in [6, 6.07) is 8.03. The third-order valence-electron chi connectivity index (χ3n) is 3.16. The first-order valence-electron chi connectivity index (χ1n) is 6.85. The van der Waals surface area contributed by atoms with E-state index in [1.807, 2.05) is 32.0 Å². The first kappa shape index (κ1) is 19.1. The summed E-state index contributed by atoms with van der Waals surface area (Å²) in [6.45, 7) is 9.39. The average Bonchev–Trinajstić information content (AvgIpc) is 2.44. The topological polar surface area (TPSA) is 29.5 Å². The molecule has 0 amide bonds. The molecule has 1 heterocycles. The zero-order valence-corrected chi connectivity index (χ0v) is 14.9. The van der Waals surface area contributed by atoms with Gasteiger partial charge in [0.1, 0.15) is 0 Å². The summed E-state index contributed by atoms with van der Waals surface area (Å²) in [5.74, 6) is 0. The summed E-state index contributed by atoms with van der Waals surface area (Å²) in [5.41, 5.74) is 2.16. The van der Waals surface area contributed by atoms with E-state index in [2.05, 4.69) is 22.9 Å². The van der Waals surface area contributed by atoms with Crippen molar-refractivity contribution in [3.63, 3.8) is 0 Å². The number of piperazine rings is 1. The Morgan fingerprint density at radius 1 is 1.05 bits per heavy atom. The van der Waals surface area contributed by atoms with Gasteiger partial charge in [-0.15, -0.1) is 6.61 Å². The quantitative estimate of drug-likeness (QED) is 0.616. The maximum atomic E-state index is 10.8. The second-order valence-corrected chi connectivity index (χ2v) is 4.54. The third kappa shape index (κ3) is 6.89. The number of likely N-dealkylation sites (N-methyl/N-ethyl adjacent to an activating group) is 1. The van der Waals surface area contributed by atoms with E-state index >= 15 is 0 Å².